The quantitative estimate of drug-likeness (QED) is 0.731. The van der Waals surface area contributed by atoms with Crippen molar-refractivity contribution in [1.29, 1.82) is 0 Å². The number of benzene rings is 1. The topological polar surface area (TPSA) is 70.8 Å². The molecule has 0 saturated heterocycles. The summed E-state index contributed by atoms with van der Waals surface area (Å²) < 4.78 is 20.7. The van der Waals surface area contributed by atoms with Gasteiger partial charge < -0.3 is 18.7 Å². The van der Waals surface area contributed by atoms with E-state index < -0.39 is 5.97 Å². The minimum absolute atomic E-state index is 0.0525. The van der Waals surface area contributed by atoms with E-state index in [0.717, 1.165) is 5.56 Å². The minimum Gasteiger partial charge on any atom is -0.493 e. The maximum Gasteiger partial charge on any atom is 0.344 e. The SMILES string of the molecule is C/C=C\c1ccc(OCC(=O)OCc2cc(C)on2)c(OC)c1. The van der Waals surface area contributed by atoms with Gasteiger partial charge in [-0.2, -0.15) is 0 Å². The number of hydrogen-bond donors (Lipinski definition) is 0. The smallest absolute Gasteiger partial charge is 0.344 e. The van der Waals surface area contributed by atoms with E-state index in [4.69, 9.17) is 18.7 Å². The summed E-state index contributed by atoms with van der Waals surface area (Å²) in [5.74, 6) is 1.21. The van der Waals surface area contributed by atoms with E-state index in [-0.39, 0.29) is 13.2 Å². The number of allylic oxidation sites excluding steroid dienone is 1. The van der Waals surface area contributed by atoms with E-state index in [0.29, 0.717) is 23.0 Å². The van der Waals surface area contributed by atoms with Crippen molar-refractivity contribution in [2.75, 3.05) is 13.7 Å². The Labute approximate surface area is 134 Å². The van der Waals surface area contributed by atoms with Crippen LogP contribution in [0.2, 0.25) is 0 Å². The Morgan fingerprint density at radius 1 is 1.30 bits per heavy atom. The number of rotatable bonds is 7. The molecule has 0 unspecified atom stereocenters. The van der Waals surface area contributed by atoms with Crippen molar-refractivity contribution in [1.82, 2.24) is 5.16 Å². The Morgan fingerprint density at radius 2 is 2.13 bits per heavy atom. The molecule has 2 rings (SSSR count). The van der Waals surface area contributed by atoms with E-state index in [2.05, 4.69) is 5.16 Å². The van der Waals surface area contributed by atoms with Crippen molar-refractivity contribution < 1.29 is 23.5 Å². The molecule has 0 atom stereocenters. The molecular weight excluding hydrogens is 298 g/mol. The van der Waals surface area contributed by atoms with Gasteiger partial charge in [-0.15, -0.1) is 0 Å². The molecule has 0 radical (unpaired) electrons. The van der Waals surface area contributed by atoms with Crippen molar-refractivity contribution in [3.05, 3.63) is 47.4 Å². The number of aromatic nitrogens is 1. The zero-order valence-electron chi connectivity index (χ0n) is 13.4. The first-order valence-corrected chi connectivity index (χ1v) is 7.13. The van der Waals surface area contributed by atoms with Gasteiger partial charge in [0.25, 0.3) is 0 Å². The molecule has 2 aromatic rings. The highest BCUT2D eigenvalue weighted by Gasteiger charge is 2.10. The van der Waals surface area contributed by atoms with Gasteiger partial charge in [-0.3, -0.25) is 0 Å². The third-order valence-electron chi connectivity index (χ3n) is 2.95. The van der Waals surface area contributed by atoms with Crippen LogP contribution < -0.4 is 9.47 Å². The normalized spacial score (nSPS) is 10.7. The molecular formula is C17H19NO5. The second-order valence-electron chi connectivity index (χ2n) is 4.79. The number of aryl methyl sites for hydroxylation is 1. The average Bonchev–Trinajstić information content (AvgIpc) is 2.97. The van der Waals surface area contributed by atoms with Crippen molar-refractivity contribution in [3.8, 4) is 11.5 Å². The molecule has 6 heteroatoms. The fourth-order valence-electron chi connectivity index (χ4n) is 1.92. The van der Waals surface area contributed by atoms with E-state index in [1.165, 1.54) is 0 Å². The van der Waals surface area contributed by atoms with Crippen molar-refractivity contribution >= 4 is 12.0 Å². The van der Waals surface area contributed by atoms with E-state index >= 15 is 0 Å². The highest BCUT2D eigenvalue weighted by molar-refractivity contribution is 5.71. The summed E-state index contributed by atoms with van der Waals surface area (Å²) in [6, 6.07) is 7.17. The zero-order valence-corrected chi connectivity index (χ0v) is 13.4. The van der Waals surface area contributed by atoms with Crippen LogP contribution in [0.15, 0.2) is 34.9 Å². The third-order valence-corrected chi connectivity index (χ3v) is 2.95. The highest BCUT2D eigenvalue weighted by atomic mass is 16.6. The predicted octanol–water partition coefficient (Wildman–Crippen LogP) is 3.15. The van der Waals surface area contributed by atoms with Crippen LogP contribution >= 0.6 is 0 Å². The average molecular weight is 317 g/mol. The summed E-state index contributed by atoms with van der Waals surface area (Å²) in [5, 5.41) is 3.74. The Hall–Kier alpha value is -2.76. The summed E-state index contributed by atoms with van der Waals surface area (Å²) in [5.41, 5.74) is 1.55. The molecule has 0 aliphatic rings. The van der Waals surface area contributed by atoms with Crippen LogP contribution in [-0.4, -0.2) is 24.8 Å². The zero-order chi connectivity index (χ0) is 16.7. The number of esters is 1. The summed E-state index contributed by atoms with van der Waals surface area (Å²) in [6.45, 7) is 3.54. The standard InChI is InChI=1S/C17H19NO5/c1-4-5-13-6-7-15(16(9-13)20-3)21-11-17(19)22-10-14-8-12(2)23-18-14/h4-9H,10-11H2,1-3H3/b5-4-. The molecule has 0 N–H and O–H groups in total. The molecule has 0 aliphatic heterocycles. The van der Waals surface area contributed by atoms with Crippen LogP contribution in [0, 0.1) is 6.92 Å². The van der Waals surface area contributed by atoms with E-state index in [9.17, 15) is 4.79 Å². The monoisotopic (exact) mass is 317 g/mol. The lowest BCUT2D eigenvalue weighted by Crippen LogP contribution is -2.15. The summed E-state index contributed by atoms with van der Waals surface area (Å²) >= 11 is 0. The van der Waals surface area contributed by atoms with Crippen molar-refractivity contribution in [3.63, 3.8) is 0 Å². The van der Waals surface area contributed by atoms with E-state index in [1.54, 1.807) is 26.2 Å². The first-order valence-electron chi connectivity index (χ1n) is 7.13. The Kier molecular flexibility index (Phi) is 5.80. The first-order chi connectivity index (χ1) is 11.1. The molecule has 0 aliphatic carbocycles. The van der Waals surface area contributed by atoms with Gasteiger partial charge in [0, 0.05) is 6.07 Å². The van der Waals surface area contributed by atoms with Gasteiger partial charge >= 0.3 is 5.97 Å². The molecule has 0 bridgehead atoms. The summed E-state index contributed by atoms with van der Waals surface area (Å²) in [6.07, 6.45) is 3.87. The molecule has 0 spiro atoms. The summed E-state index contributed by atoms with van der Waals surface area (Å²) in [4.78, 5) is 11.7. The van der Waals surface area contributed by atoms with Gasteiger partial charge in [-0.05, 0) is 31.5 Å². The molecule has 23 heavy (non-hydrogen) atoms. The van der Waals surface area contributed by atoms with Gasteiger partial charge in [0.1, 0.15) is 18.1 Å². The molecule has 0 fully saturated rings. The minimum atomic E-state index is -0.495. The lowest BCUT2D eigenvalue weighted by molar-refractivity contribution is -0.147. The molecule has 1 heterocycles. The Bertz CT molecular complexity index is 690. The molecule has 1 aromatic carbocycles. The number of ether oxygens (including phenoxy) is 3. The van der Waals surface area contributed by atoms with Crippen LogP contribution in [0.5, 0.6) is 11.5 Å². The van der Waals surface area contributed by atoms with Gasteiger partial charge in [-0.1, -0.05) is 23.4 Å². The van der Waals surface area contributed by atoms with Gasteiger partial charge in [-0.25, -0.2) is 4.79 Å². The van der Waals surface area contributed by atoms with Crippen molar-refractivity contribution in [2.45, 2.75) is 20.5 Å². The van der Waals surface area contributed by atoms with Crippen LogP contribution in [0.1, 0.15) is 23.9 Å². The second-order valence-corrected chi connectivity index (χ2v) is 4.79. The lowest BCUT2D eigenvalue weighted by atomic mass is 10.2. The van der Waals surface area contributed by atoms with Gasteiger partial charge in [0.2, 0.25) is 0 Å². The molecule has 1 aromatic heterocycles. The number of carbonyl (C=O) groups excluding carboxylic acids is 1. The van der Waals surface area contributed by atoms with Gasteiger partial charge in [0.15, 0.2) is 18.1 Å². The van der Waals surface area contributed by atoms with Crippen LogP contribution in [0.25, 0.3) is 6.08 Å². The predicted molar refractivity (Wildman–Crippen MR) is 84.2 cm³/mol. The van der Waals surface area contributed by atoms with Gasteiger partial charge in [0.05, 0.1) is 7.11 Å². The molecule has 122 valence electrons. The first kappa shape index (κ1) is 16.6. The molecule has 0 amide bonds. The maximum absolute atomic E-state index is 11.7. The fraction of sp³-hybridized carbons (Fsp3) is 0.294. The maximum atomic E-state index is 11.7. The van der Waals surface area contributed by atoms with E-state index in [1.807, 2.05) is 31.2 Å². The van der Waals surface area contributed by atoms with Crippen LogP contribution in [0.4, 0.5) is 0 Å². The van der Waals surface area contributed by atoms with Crippen LogP contribution in [-0.2, 0) is 16.1 Å². The second kappa shape index (κ2) is 8.03. The lowest BCUT2D eigenvalue weighted by Gasteiger charge is -2.11. The Balaban J connectivity index is 1.88. The highest BCUT2D eigenvalue weighted by Crippen LogP contribution is 2.28. The third kappa shape index (κ3) is 4.88. The molecule has 6 nitrogen and oxygen atoms in total. The number of methoxy groups -OCH3 is 1. The van der Waals surface area contributed by atoms with Crippen LogP contribution in [0.3, 0.4) is 0 Å². The Morgan fingerprint density at radius 3 is 2.78 bits per heavy atom. The molecule has 0 saturated carbocycles. The number of nitrogens with zero attached hydrogens (tertiary/aromatic N) is 1. The summed E-state index contributed by atoms with van der Waals surface area (Å²) in [7, 11) is 1.55. The number of hydrogen-bond acceptors (Lipinski definition) is 6. The van der Waals surface area contributed by atoms with Crippen molar-refractivity contribution in [2.24, 2.45) is 0 Å². The largest absolute Gasteiger partial charge is 0.493 e. The number of carbonyl (C=O) groups is 1. The fourth-order valence-corrected chi connectivity index (χ4v) is 1.92.